The second-order valence-electron chi connectivity index (χ2n) is 1.79. The molecule has 0 aliphatic heterocycles. The molecule has 0 radical (unpaired) electrons. The number of hydrogen-bond acceptors (Lipinski definition) is 3. The molecule has 0 unspecified atom stereocenters. The first-order chi connectivity index (χ1) is 4.34. The molecule has 0 aromatic heterocycles. The molecule has 0 atom stereocenters. The van der Waals surface area contributed by atoms with Gasteiger partial charge in [-0.15, -0.1) is 0 Å². The van der Waals surface area contributed by atoms with Crippen LogP contribution in [0.1, 0.15) is 5.56 Å². The Labute approximate surface area is 59.5 Å². The molecule has 0 bridgehead atoms. The third-order valence-electron chi connectivity index (χ3n) is 1.16. The monoisotopic (exact) mass is 141 g/mol. The highest BCUT2D eigenvalue weighted by molar-refractivity contribution is 5.30. The summed E-state index contributed by atoms with van der Waals surface area (Å²) >= 11 is 0. The highest BCUT2D eigenvalue weighted by atomic mass is 16.3. The molecule has 0 aliphatic rings. The van der Waals surface area contributed by atoms with Crippen molar-refractivity contribution in [3.8, 4) is 5.75 Å². The van der Waals surface area contributed by atoms with Gasteiger partial charge < -0.3 is 16.4 Å². The minimum absolute atomic E-state index is 0. The third-order valence-corrected chi connectivity index (χ3v) is 1.16. The Kier molecular flexibility index (Phi) is 3.46. The predicted octanol–water partition coefficient (Wildman–Crippen LogP) is 1.05. The second kappa shape index (κ2) is 3.87. The zero-order valence-corrected chi connectivity index (χ0v) is 5.62. The maximum atomic E-state index is 8.95. The lowest BCUT2D eigenvalue weighted by molar-refractivity contribution is 0.275. The van der Waals surface area contributed by atoms with Gasteiger partial charge in [-0.3, -0.25) is 0 Å². The average Bonchev–Trinajstić information content (AvgIpc) is 1.89. The highest BCUT2D eigenvalue weighted by Crippen LogP contribution is 2.14. The third kappa shape index (κ3) is 1.72. The average molecular weight is 141 g/mol. The quantitative estimate of drug-likeness (QED) is 0.547. The summed E-state index contributed by atoms with van der Waals surface area (Å²) in [6, 6.07) is 6.71. The van der Waals surface area contributed by atoms with Crippen molar-refractivity contribution < 1.29 is 10.2 Å². The SMILES string of the molecule is N.OCc1ccccc1O. The summed E-state index contributed by atoms with van der Waals surface area (Å²) in [5.74, 6) is 0.153. The highest BCUT2D eigenvalue weighted by Gasteiger charge is 1.93. The minimum atomic E-state index is -0.104. The molecule has 0 saturated carbocycles. The Bertz CT molecular complexity index is 201. The van der Waals surface area contributed by atoms with Gasteiger partial charge in [-0.05, 0) is 6.07 Å². The molecule has 0 spiro atoms. The zero-order valence-electron chi connectivity index (χ0n) is 5.62. The number of hydrogen-bond donors (Lipinski definition) is 3. The lowest BCUT2D eigenvalue weighted by Gasteiger charge is -1.96. The second-order valence-corrected chi connectivity index (χ2v) is 1.79. The smallest absolute Gasteiger partial charge is 0.121 e. The Hall–Kier alpha value is -1.06. The normalized spacial score (nSPS) is 8.50. The van der Waals surface area contributed by atoms with Crippen molar-refractivity contribution in [2.45, 2.75) is 6.61 Å². The molecule has 56 valence electrons. The molecule has 3 heteroatoms. The van der Waals surface area contributed by atoms with Gasteiger partial charge in [0.15, 0.2) is 0 Å². The van der Waals surface area contributed by atoms with E-state index in [1.807, 2.05) is 0 Å². The number of aliphatic hydroxyl groups excluding tert-OH is 1. The fourth-order valence-corrected chi connectivity index (χ4v) is 0.645. The maximum Gasteiger partial charge on any atom is 0.121 e. The number of benzene rings is 1. The van der Waals surface area contributed by atoms with E-state index in [2.05, 4.69) is 0 Å². The van der Waals surface area contributed by atoms with Gasteiger partial charge in [-0.2, -0.15) is 0 Å². The van der Waals surface area contributed by atoms with E-state index in [1.54, 1.807) is 24.3 Å². The Morgan fingerprint density at radius 2 is 1.80 bits per heavy atom. The van der Waals surface area contributed by atoms with Crippen molar-refractivity contribution >= 4 is 0 Å². The van der Waals surface area contributed by atoms with Gasteiger partial charge in [-0.1, -0.05) is 18.2 Å². The fraction of sp³-hybridized carbons (Fsp3) is 0.143. The van der Waals surface area contributed by atoms with Crippen molar-refractivity contribution in [1.82, 2.24) is 6.15 Å². The molecule has 3 nitrogen and oxygen atoms in total. The number of phenols is 1. The van der Waals surface area contributed by atoms with Crippen LogP contribution in [0.2, 0.25) is 0 Å². The first-order valence-corrected chi connectivity index (χ1v) is 2.72. The van der Waals surface area contributed by atoms with E-state index in [9.17, 15) is 0 Å². The van der Waals surface area contributed by atoms with Crippen LogP contribution in [-0.4, -0.2) is 10.2 Å². The molecule has 0 aliphatic carbocycles. The van der Waals surface area contributed by atoms with Gasteiger partial charge in [0.1, 0.15) is 5.75 Å². The van der Waals surface area contributed by atoms with E-state index in [1.165, 1.54) is 0 Å². The van der Waals surface area contributed by atoms with Gasteiger partial charge in [0.25, 0.3) is 0 Å². The first kappa shape index (κ1) is 8.94. The van der Waals surface area contributed by atoms with E-state index in [0.29, 0.717) is 5.56 Å². The molecule has 0 saturated heterocycles. The van der Waals surface area contributed by atoms with E-state index in [-0.39, 0.29) is 18.5 Å². The molecule has 1 rings (SSSR count). The van der Waals surface area contributed by atoms with Crippen LogP contribution in [0.5, 0.6) is 5.75 Å². The summed E-state index contributed by atoms with van der Waals surface area (Å²) in [5.41, 5.74) is 0.567. The van der Waals surface area contributed by atoms with Crippen LogP contribution in [-0.2, 0) is 6.61 Å². The van der Waals surface area contributed by atoms with Crippen LogP contribution in [0.4, 0.5) is 0 Å². The van der Waals surface area contributed by atoms with Gasteiger partial charge in [0.2, 0.25) is 0 Å². The van der Waals surface area contributed by atoms with Crippen LogP contribution >= 0.6 is 0 Å². The van der Waals surface area contributed by atoms with E-state index in [4.69, 9.17) is 10.2 Å². The first-order valence-electron chi connectivity index (χ1n) is 2.72. The van der Waals surface area contributed by atoms with Gasteiger partial charge in [0.05, 0.1) is 6.61 Å². The molecule has 0 fully saturated rings. The van der Waals surface area contributed by atoms with Gasteiger partial charge in [-0.25, -0.2) is 0 Å². The molecule has 0 heterocycles. The lowest BCUT2D eigenvalue weighted by atomic mass is 10.2. The summed E-state index contributed by atoms with van der Waals surface area (Å²) in [6.45, 7) is -0.104. The van der Waals surface area contributed by atoms with Crippen LogP contribution < -0.4 is 6.15 Å². The van der Waals surface area contributed by atoms with Crippen LogP contribution in [0.25, 0.3) is 0 Å². The van der Waals surface area contributed by atoms with Crippen LogP contribution in [0.15, 0.2) is 24.3 Å². The lowest BCUT2D eigenvalue weighted by Crippen LogP contribution is -1.80. The van der Waals surface area contributed by atoms with E-state index < -0.39 is 0 Å². The topological polar surface area (TPSA) is 75.5 Å². The number of aromatic hydroxyl groups is 1. The summed E-state index contributed by atoms with van der Waals surface area (Å²) in [4.78, 5) is 0. The van der Waals surface area contributed by atoms with Crippen molar-refractivity contribution in [2.75, 3.05) is 0 Å². The number of para-hydroxylation sites is 1. The molecule has 10 heavy (non-hydrogen) atoms. The number of rotatable bonds is 1. The molecule has 0 amide bonds. The fourth-order valence-electron chi connectivity index (χ4n) is 0.645. The summed E-state index contributed by atoms with van der Waals surface area (Å²) < 4.78 is 0. The van der Waals surface area contributed by atoms with Crippen molar-refractivity contribution in [3.05, 3.63) is 29.8 Å². The van der Waals surface area contributed by atoms with Gasteiger partial charge >= 0.3 is 0 Å². The Morgan fingerprint density at radius 3 is 2.20 bits per heavy atom. The number of aliphatic hydroxyl groups is 1. The summed E-state index contributed by atoms with van der Waals surface area (Å²) in [7, 11) is 0. The largest absolute Gasteiger partial charge is 0.508 e. The maximum absolute atomic E-state index is 8.95. The van der Waals surface area contributed by atoms with Crippen LogP contribution in [0, 0.1) is 0 Å². The standard InChI is InChI=1S/C7H8O2.H3N/c8-5-6-3-1-2-4-7(6)9;/h1-4,8-9H,5H2;1H3. The van der Waals surface area contributed by atoms with Crippen molar-refractivity contribution in [3.63, 3.8) is 0 Å². The van der Waals surface area contributed by atoms with Crippen molar-refractivity contribution in [1.29, 1.82) is 0 Å². The molecular weight excluding hydrogens is 130 g/mol. The molecule has 1 aromatic carbocycles. The Morgan fingerprint density at radius 1 is 1.20 bits per heavy atom. The van der Waals surface area contributed by atoms with Crippen molar-refractivity contribution in [2.24, 2.45) is 0 Å². The molecule has 5 N–H and O–H groups in total. The van der Waals surface area contributed by atoms with Crippen LogP contribution in [0.3, 0.4) is 0 Å². The predicted molar refractivity (Wildman–Crippen MR) is 39.1 cm³/mol. The zero-order chi connectivity index (χ0) is 6.69. The minimum Gasteiger partial charge on any atom is -0.508 e. The summed E-state index contributed by atoms with van der Waals surface area (Å²) in [6.07, 6.45) is 0. The van der Waals surface area contributed by atoms with Gasteiger partial charge in [0, 0.05) is 5.56 Å². The van der Waals surface area contributed by atoms with E-state index >= 15 is 0 Å². The molecule has 1 aromatic rings. The summed E-state index contributed by atoms with van der Waals surface area (Å²) in [5, 5.41) is 17.5. The van der Waals surface area contributed by atoms with E-state index in [0.717, 1.165) is 0 Å². The molecular formula is C7H11NO2. The Balaban J connectivity index is 0.000000810.